The molecule has 29 heavy (non-hydrogen) atoms. The monoisotopic (exact) mass is 507 g/mol. The number of halogens is 2. The quantitative estimate of drug-likeness (QED) is 0.328. The average molecular weight is 509 g/mol. The fourth-order valence-electron chi connectivity index (χ4n) is 5.52. The number of amides is 2. The third kappa shape index (κ3) is 2.07. The molecule has 4 aliphatic rings. The van der Waals surface area contributed by atoms with E-state index in [0.29, 0.717) is 5.69 Å². The van der Waals surface area contributed by atoms with Gasteiger partial charge in [0, 0.05) is 10.4 Å². The number of carbonyl (C=O) groups excluding carboxylic acids is 2. The molecule has 3 nitrogen and oxygen atoms in total. The van der Waals surface area contributed by atoms with Crippen LogP contribution in [0.3, 0.4) is 0 Å². The average Bonchev–Trinajstić information content (AvgIpc) is 3.01. The molecule has 5 heteroatoms. The summed E-state index contributed by atoms with van der Waals surface area (Å²) in [4.78, 5) is 28.8. The topological polar surface area (TPSA) is 37.4 Å². The minimum atomic E-state index is -0.698. The number of imide groups is 1. The normalized spacial score (nSPS) is 28.9. The summed E-state index contributed by atoms with van der Waals surface area (Å²) in [6, 6.07) is 23.8. The molecule has 2 amide bonds. The molecular weight excluding hydrogens is 494 g/mol. The van der Waals surface area contributed by atoms with E-state index in [0.717, 1.165) is 26.7 Å². The molecule has 1 heterocycles. The predicted octanol–water partition coefficient (Wildman–Crippen LogP) is 5.35. The number of alkyl halides is 1. The van der Waals surface area contributed by atoms with Crippen molar-refractivity contribution < 1.29 is 9.59 Å². The Morgan fingerprint density at radius 2 is 1.31 bits per heavy atom. The first-order valence-electron chi connectivity index (χ1n) is 9.54. The third-order valence-corrected chi connectivity index (χ3v) is 8.48. The van der Waals surface area contributed by atoms with Crippen molar-refractivity contribution in [3.8, 4) is 0 Å². The van der Waals surface area contributed by atoms with Gasteiger partial charge in [-0.25, -0.2) is 4.90 Å². The highest BCUT2D eigenvalue weighted by Gasteiger charge is 2.67. The van der Waals surface area contributed by atoms with E-state index in [1.807, 2.05) is 48.5 Å². The van der Waals surface area contributed by atoms with Gasteiger partial charge in [0.2, 0.25) is 11.8 Å². The van der Waals surface area contributed by atoms with E-state index in [4.69, 9.17) is 0 Å². The van der Waals surface area contributed by atoms with Crippen LogP contribution >= 0.6 is 31.9 Å². The van der Waals surface area contributed by atoms with Crippen molar-refractivity contribution in [3.05, 3.63) is 99.5 Å². The minimum Gasteiger partial charge on any atom is -0.274 e. The van der Waals surface area contributed by atoms with Gasteiger partial charge in [-0.05, 0) is 46.5 Å². The van der Waals surface area contributed by atoms with Crippen LogP contribution in [-0.4, -0.2) is 11.8 Å². The Hall–Kier alpha value is -2.24. The van der Waals surface area contributed by atoms with Gasteiger partial charge in [-0.3, -0.25) is 9.59 Å². The van der Waals surface area contributed by atoms with Crippen LogP contribution in [0.1, 0.15) is 28.2 Å². The van der Waals surface area contributed by atoms with Crippen LogP contribution in [0.5, 0.6) is 0 Å². The molecule has 1 fully saturated rings. The SMILES string of the molecule is O=C1C2C3c4ccccc4C(Br)(c4ccccc43)C2C(=O)N1c1ccc(Br)cc1. The fraction of sp³-hybridized carbons (Fsp3) is 0.167. The van der Waals surface area contributed by atoms with Gasteiger partial charge in [-0.1, -0.05) is 80.4 Å². The minimum absolute atomic E-state index is 0.108. The molecule has 0 radical (unpaired) electrons. The highest BCUT2D eigenvalue weighted by molar-refractivity contribution is 9.10. The molecule has 2 bridgehead atoms. The standard InChI is InChI=1S/C24H15Br2NO2/c25-13-9-11-14(12-10-13)27-22(28)20-19-15-5-1-3-7-17(15)24(26,21(20)23(27)29)18-8-4-2-6-16(18)19/h1-12,19-21H. The number of hydrogen-bond acceptors (Lipinski definition) is 2. The summed E-state index contributed by atoms with van der Waals surface area (Å²) in [5, 5.41) is 0. The van der Waals surface area contributed by atoms with Gasteiger partial charge in [-0.15, -0.1) is 0 Å². The summed E-state index contributed by atoms with van der Waals surface area (Å²) < 4.78 is 0.214. The molecule has 1 saturated heterocycles. The highest BCUT2D eigenvalue weighted by Crippen LogP contribution is 2.66. The van der Waals surface area contributed by atoms with Crippen molar-refractivity contribution in [2.45, 2.75) is 10.2 Å². The fourth-order valence-corrected chi connectivity index (χ4v) is 6.99. The zero-order chi connectivity index (χ0) is 19.9. The van der Waals surface area contributed by atoms with E-state index in [1.165, 1.54) is 4.90 Å². The van der Waals surface area contributed by atoms with Crippen molar-refractivity contribution in [1.82, 2.24) is 0 Å². The smallest absolute Gasteiger partial charge is 0.239 e. The third-order valence-electron chi connectivity index (χ3n) is 6.60. The first-order valence-corrected chi connectivity index (χ1v) is 11.1. The molecule has 0 aromatic heterocycles. The van der Waals surface area contributed by atoms with Gasteiger partial charge in [0.05, 0.1) is 21.8 Å². The molecule has 3 aliphatic carbocycles. The number of anilines is 1. The van der Waals surface area contributed by atoms with Crippen molar-refractivity contribution >= 4 is 49.4 Å². The maximum absolute atomic E-state index is 13.7. The summed E-state index contributed by atoms with van der Waals surface area (Å²) in [5.41, 5.74) is 5.11. The summed E-state index contributed by atoms with van der Waals surface area (Å²) in [6.07, 6.45) is 0. The van der Waals surface area contributed by atoms with Crippen LogP contribution in [0.4, 0.5) is 5.69 Å². The van der Waals surface area contributed by atoms with Gasteiger partial charge < -0.3 is 0 Å². The van der Waals surface area contributed by atoms with Crippen molar-refractivity contribution in [2.75, 3.05) is 4.90 Å². The Balaban J connectivity index is 1.61. The molecular formula is C24H15Br2NO2. The van der Waals surface area contributed by atoms with Gasteiger partial charge in [0.1, 0.15) is 0 Å². The second kappa shape index (κ2) is 5.89. The summed E-state index contributed by atoms with van der Waals surface area (Å²) in [5.74, 6) is -1.22. The molecule has 2 unspecified atom stereocenters. The molecule has 3 aromatic carbocycles. The van der Waals surface area contributed by atoms with Crippen LogP contribution < -0.4 is 4.90 Å². The molecule has 2 atom stereocenters. The van der Waals surface area contributed by atoms with Gasteiger partial charge in [0.15, 0.2) is 0 Å². The number of benzene rings is 3. The second-order valence-electron chi connectivity index (χ2n) is 7.86. The Labute approximate surface area is 185 Å². The van der Waals surface area contributed by atoms with E-state index in [9.17, 15) is 9.59 Å². The molecule has 3 aromatic rings. The molecule has 1 aliphatic heterocycles. The Morgan fingerprint density at radius 1 is 0.759 bits per heavy atom. The number of rotatable bonds is 1. The number of carbonyl (C=O) groups is 2. The zero-order valence-electron chi connectivity index (χ0n) is 15.2. The Morgan fingerprint density at radius 3 is 1.90 bits per heavy atom. The Bertz CT molecular complexity index is 1160. The largest absolute Gasteiger partial charge is 0.274 e. The highest BCUT2D eigenvalue weighted by atomic mass is 79.9. The van der Waals surface area contributed by atoms with Crippen molar-refractivity contribution in [1.29, 1.82) is 0 Å². The molecule has 142 valence electrons. The molecule has 0 spiro atoms. The van der Waals surface area contributed by atoms with E-state index in [1.54, 1.807) is 0 Å². The predicted molar refractivity (Wildman–Crippen MR) is 118 cm³/mol. The lowest BCUT2D eigenvalue weighted by Crippen LogP contribution is -2.50. The zero-order valence-corrected chi connectivity index (χ0v) is 18.4. The van der Waals surface area contributed by atoms with E-state index in [2.05, 4.69) is 56.1 Å². The van der Waals surface area contributed by atoms with Crippen LogP contribution in [-0.2, 0) is 13.9 Å². The van der Waals surface area contributed by atoms with Crippen LogP contribution in [0, 0.1) is 11.8 Å². The second-order valence-corrected chi connectivity index (χ2v) is 10.0. The van der Waals surface area contributed by atoms with E-state index >= 15 is 0 Å². The van der Waals surface area contributed by atoms with Crippen LogP contribution in [0.2, 0.25) is 0 Å². The van der Waals surface area contributed by atoms with Gasteiger partial charge in [0.25, 0.3) is 0 Å². The van der Waals surface area contributed by atoms with Crippen molar-refractivity contribution in [2.24, 2.45) is 11.8 Å². The van der Waals surface area contributed by atoms with Crippen LogP contribution in [0.25, 0.3) is 0 Å². The number of nitrogens with zero attached hydrogens (tertiary/aromatic N) is 1. The molecule has 0 saturated carbocycles. The van der Waals surface area contributed by atoms with Crippen molar-refractivity contribution in [3.63, 3.8) is 0 Å². The Kier molecular flexibility index (Phi) is 3.58. The lowest BCUT2D eigenvalue weighted by molar-refractivity contribution is -0.122. The maximum atomic E-state index is 13.7. The van der Waals surface area contributed by atoms with Gasteiger partial charge >= 0.3 is 0 Å². The lowest BCUT2D eigenvalue weighted by atomic mass is 9.55. The van der Waals surface area contributed by atoms with E-state index < -0.39 is 16.2 Å². The molecule has 7 rings (SSSR count). The number of hydrogen-bond donors (Lipinski definition) is 0. The molecule has 0 N–H and O–H groups in total. The van der Waals surface area contributed by atoms with E-state index in [-0.39, 0.29) is 17.7 Å². The van der Waals surface area contributed by atoms with Gasteiger partial charge in [-0.2, -0.15) is 0 Å². The lowest BCUT2D eigenvalue weighted by Gasteiger charge is -2.51. The van der Waals surface area contributed by atoms with Crippen LogP contribution in [0.15, 0.2) is 77.3 Å². The first kappa shape index (κ1) is 17.6. The first-order chi connectivity index (χ1) is 14.0. The summed E-state index contributed by atoms with van der Waals surface area (Å²) in [6.45, 7) is 0. The maximum Gasteiger partial charge on any atom is 0.239 e. The summed E-state index contributed by atoms with van der Waals surface area (Å²) in [7, 11) is 0. The summed E-state index contributed by atoms with van der Waals surface area (Å²) >= 11 is 7.44.